The van der Waals surface area contributed by atoms with Crippen LogP contribution in [0.15, 0.2) is 46.9 Å². The van der Waals surface area contributed by atoms with Crippen LogP contribution in [0.5, 0.6) is 5.75 Å². The zero-order chi connectivity index (χ0) is 13.0. The van der Waals surface area contributed by atoms with Crippen molar-refractivity contribution in [3.63, 3.8) is 0 Å². The smallest absolute Gasteiger partial charge is 0.124 e. The third-order valence-electron chi connectivity index (χ3n) is 2.72. The SMILES string of the molecule is CCc1cc(I)c(Br)cc1OCc1ccccc1. The predicted octanol–water partition coefficient (Wildman–Crippen LogP) is 5.20. The summed E-state index contributed by atoms with van der Waals surface area (Å²) in [6.45, 7) is 2.76. The Morgan fingerprint density at radius 3 is 2.56 bits per heavy atom. The van der Waals surface area contributed by atoms with Crippen LogP contribution in [0.3, 0.4) is 0 Å². The average molecular weight is 417 g/mol. The van der Waals surface area contributed by atoms with Gasteiger partial charge in [0.25, 0.3) is 0 Å². The van der Waals surface area contributed by atoms with Crippen molar-refractivity contribution in [3.8, 4) is 5.75 Å². The zero-order valence-electron chi connectivity index (χ0n) is 10.1. The van der Waals surface area contributed by atoms with Crippen molar-refractivity contribution in [2.45, 2.75) is 20.0 Å². The van der Waals surface area contributed by atoms with E-state index in [1.165, 1.54) is 14.7 Å². The number of benzene rings is 2. The molecule has 0 aliphatic carbocycles. The van der Waals surface area contributed by atoms with Gasteiger partial charge in [0.2, 0.25) is 0 Å². The molecule has 0 saturated carbocycles. The van der Waals surface area contributed by atoms with Gasteiger partial charge >= 0.3 is 0 Å². The lowest BCUT2D eigenvalue weighted by Crippen LogP contribution is -1.99. The molecule has 0 saturated heterocycles. The summed E-state index contributed by atoms with van der Waals surface area (Å²) in [5.41, 5.74) is 2.44. The molecule has 3 heteroatoms. The Kier molecular flexibility index (Phi) is 5.06. The van der Waals surface area contributed by atoms with Gasteiger partial charge < -0.3 is 4.74 Å². The normalized spacial score (nSPS) is 10.4. The van der Waals surface area contributed by atoms with Gasteiger partial charge in [-0.05, 0) is 68.2 Å². The fourth-order valence-corrected chi connectivity index (χ4v) is 2.57. The largest absolute Gasteiger partial charge is 0.489 e. The standard InChI is InChI=1S/C15H14BrIO/c1-2-12-8-14(17)13(16)9-15(12)18-10-11-6-4-3-5-7-11/h3-9H,2,10H2,1H3. The van der Waals surface area contributed by atoms with E-state index in [0.29, 0.717) is 6.61 Å². The Morgan fingerprint density at radius 2 is 1.89 bits per heavy atom. The molecule has 18 heavy (non-hydrogen) atoms. The second kappa shape index (κ2) is 6.57. The highest BCUT2D eigenvalue weighted by Gasteiger charge is 2.07. The van der Waals surface area contributed by atoms with Crippen molar-refractivity contribution >= 4 is 38.5 Å². The van der Waals surface area contributed by atoms with Crippen LogP contribution in [0.25, 0.3) is 0 Å². The predicted molar refractivity (Wildman–Crippen MR) is 87.0 cm³/mol. The van der Waals surface area contributed by atoms with Crippen LogP contribution >= 0.6 is 38.5 Å². The van der Waals surface area contributed by atoms with Crippen LogP contribution < -0.4 is 4.74 Å². The van der Waals surface area contributed by atoms with Crippen LogP contribution in [0, 0.1) is 3.57 Å². The molecule has 0 atom stereocenters. The molecule has 0 amide bonds. The molecule has 2 aromatic carbocycles. The molecule has 2 rings (SSSR count). The summed E-state index contributed by atoms with van der Waals surface area (Å²) in [5, 5.41) is 0. The molecule has 0 spiro atoms. The first-order valence-electron chi connectivity index (χ1n) is 5.85. The first-order valence-corrected chi connectivity index (χ1v) is 7.72. The van der Waals surface area contributed by atoms with E-state index in [4.69, 9.17) is 4.74 Å². The van der Waals surface area contributed by atoms with E-state index in [0.717, 1.165) is 16.6 Å². The molecule has 1 nitrogen and oxygen atoms in total. The van der Waals surface area contributed by atoms with Crippen LogP contribution in [0.4, 0.5) is 0 Å². The van der Waals surface area contributed by atoms with Crippen LogP contribution in [-0.2, 0) is 13.0 Å². The lowest BCUT2D eigenvalue weighted by atomic mass is 10.1. The minimum absolute atomic E-state index is 0.612. The summed E-state index contributed by atoms with van der Waals surface area (Å²) in [6, 6.07) is 14.5. The van der Waals surface area contributed by atoms with E-state index >= 15 is 0 Å². The molecule has 0 radical (unpaired) electrons. The van der Waals surface area contributed by atoms with E-state index < -0.39 is 0 Å². The first kappa shape index (κ1) is 13.9. The number of ether oxygens (including phenoxy) is 1. The first-order chi connectivity index (χ1) is 8.70. The maximum absolute atomic E-state index is 5.92. The van der Waals surface area contributed by atoms with Crippen molar-refractivity contribution in [1.82, 2.24) is 0 Å². The summed E-state index contributed by atoms with van der Waals surface area (Å²) >= 11 is 5.88. The number of rotatable bonds is 4. The van der Waals surface area contributed by atoms with E-state index in [1.54, 1.807) is 0 Å². The fourth-order valence-electron chi connectivity index (χ4n) is 1.72. The highest BCUT2D eigenvalue weighted by molar-refractivity contribution is 14.1. The molecule has 0 N–H and O–H groups in total. The quantitative estimate of drug-likeness (QED) is 0.622. The number of hydrogen-bond acceptors (Lipinski definition) is 1. The molecule has 0 heterocycles. The van der Waals surface area contributed by atoms with Gasteiger partial charge in [-0.15, -0.1) is 0 Å². The third kappa shape index (κ3) is 3.48. The summed E-state index contributed by atoms with van der Waals surface area (Å²) in [7, 11) is 0. The minimum Gasteiger partial charge on any atom is -0.489 e. The van der Waals surface area contributed by atoms with Crippen molar-refractivity contribution < 1.29 is 4.74 Å². The second-order valence-electron chi connectivity index (χ2n) is 4.00. The third-order valence-corrected chi connectivity index (χ3v) is 5.01. The van der Waals surface area contributed by atoms with Crippen molar-refractivity contribution in [3.05, 3.63) is 61.6 Å². The lowest BCUT2D eigenvalue weighted by Gasteiger charge is -2.12. The molecule has 0 aliphatic rings. The highest BCUT2D eigenvalue weighted by Crippen LogP contribution is 2.29. The van der Waals surface area contributed by atoms with E-state index in [9.17, 15) is 0 Å². The number of aryl methyl sites for hydroxylation is 1. The molecule has 0 aliphatic heterocycles. The Hall–Kier alpha value is -0.550. The van der Waals surface area contributed by atoms with Crippen LogP contribution in [-0.4, -0.2) is 0 Å². The van der Waals surface area contributed by atoms with Gasteiger partial charge in [-0.1, -0.05) is 37.3 Å². The Labute approximate surface area is 130 Å². The Balaban J connectivity index is 2.16. The molecule has 0 fully saturated rings. The van der Waals surface area contributed by atoms with Crippen molar-refractivity contribution in [2.24, 2.45) is 0 Å². The lowest BCUT2D eigenvalue weighted by molar-refractivity contribution is 0.303. The van der Waals surface area contributed by atoms with Gasteiger partial charge in [0.05, 0.1) is 0 Å². The molecular formula is C15H14BrIO. The molecular weight excluding hydrogens is 403 g/mol. The van der Waals surface area contributed by atoms with Crippen LogP contribution in [0.1, 0.15) is 18.1 Å². The van der Waals surface area contributed by atoms with Gasteiger partial charge in [0, 0.05) is 8.04 Å². The van der Waals surface area contributed by atoms with Gasteiger partial charge in [0.15, 0.2) is 0 Å². The molecule has 0 unspecified atom stereocenters. The average Bonchev–Trinajstić information content (AvgIpc) is 2.41. The van der Waals surface area contributed by atoms with Gasteiger partial charge in [-0.2, -0.15) is 0 Å². The second-order valence-corrected chi connectivity index (χ2v) is 6.02. The van der Waals surface area contributed by atoms with E-state index in [1.807, 2.05) is 18.2 Å². The fraction of sp³-hybridized carbons (Fsp3) is 0.200. The Bertz CT molecular complexity index is 526. The monoisotopic (exact) mass is 416 g/mol. The maximum atomic E-state index is 5.92. The summed E-state index contributed by atoms with van der Waals surface area (Å²) < 4.78 is 8.22. The molecule has 2 aromatic rings. The van der Waals surface area contributed by atoms with Gasteiger partial charge in [-0.3, -0.25) is 0 Å². The van der Waals surface area contributed by atoms with Gasteiger partial charge in [-0.25, -0.2) is 0 Å². The topological polar surface area (TPSA) is 9.23 Å². The number of halogens is 2. The number of hydrogen-bond donors (Lipinski definition) is 0. The zero-order valence-corrected chi connectivity index (χ0v) is 13.9. The van der Waals surface area contributed by atoms with Crippen molar-refractivity contribution in [2.75, 3.05) is 0 Å². The molecule has 94 valence electrons. The summed E-state index contributed by atoms with van der Waals surface area (Å²) in [6.07, 6.45) is 0.980. The molecule has 0 bridgehead atoms. The molecule has 0 aromatic heterocycles. The Morgan fingerprint density at radius 1 is 1.17 bits per heavy atom. The summed E-state index contributed by atoms with van der Waals surface area (Å²) in [5.74, 6) is 0.966. The van der Waals surface area contributed by atoms with Gasteiger partial charge in [0.1, 0.15) is 12.4 Å². The van der Waals surface area contributed by atoms with Crippen molar-refractivity contribution in [1.29, 1.82) is 0 Å². The maximum Gasteiger partial charge on any atom is 0.124 e. The summed E-state index contributed by atoms with van der Waals surface area (Å²) in [4.78, 5) is 0. The van der Waals surface area contributed by atoms with Crippen LogP contribution in [0.2, 0.25) is 0 Å². The van der Waals surface area contributed by atoms with E-state index in [2.05, 4.69) is 69.7 Å². The van der Waals surface area contributed by atoms with E-state index in [-0.39, 0.29) is 0 Å². The minimum atomic E-state index is 0.612. The highest BCUT2D eigenvalue weighted by atomic mass is 127.